The normalized spacial score (nSPS) is 21.7. The largest absolute Gasteiger partial charge is 0.355 e. The molecule has 0 radical (unpaired) electrons. The smallest absolute Gasteiger partial charge is 0.221 e. The molecule has 0 aromatic carbocycles. The second-order valence-corrected chi connectivity index (χ2v) is 4.50. The Balaban J connectivity index is 2.06. The molecule has 1 aliphatic rings. The van der Waals surface area contributed by atoms with Gasteiger partial charge in [-0.1, -0.05) is 6.42 Å². The van der Waals surface area contributed by atoms with Crippen molar-refractivity contribution in [2.45, 2.75) is 31.7 Å². The highest BCUT2D eigenvalue weighted by Crippen LogP contribution is 2.09. The first-order chi connectivity index (χ1) is 7.18. The first kappa shape index (κ1) is 12.5. The summed E-state index contributed by atoms with van der Waals surface area (Å²) >= 11 is 0. The van der Waals surface area contributed by atoms with Crippen molar-refractivity contribution in [3.63, 3.8) is 0 Å². The third-order valence-corrected chi connectivity index (χ3v) is 2.73. The second-order valence-electron chi connectivity index (χ2n) is 4.50. The average Bonchev–Trinajstić information content (AvgIpc) is 2.18. The topological polar surface area (TPSA) is 44.4 Å². The minimum absolute atomic E-state index is 0.177. The van der Waals surface area contributed by atoms with Gasteiger partial charge in [0.25, 0.3) is 0 Å². The molecule has 0 aromatic rings. The first-order valence-corrected chi connectivity index (χ1v) is 5.83. The number of hydrogen-bond acceptors (Lipinski definition) is 3. The van der Waals surface area contributed by atoms with Crippen molar-refractivity contribution in [2.24, 2.45) is 0 Å². The van der Waals surface area contributed by atoms with Crippen molar-refractivity contribution < 1.29 is 4.79 Å². The fraction of sp³-hybridized carbons (Fsp3) is 0.909. The molecule has 1 amide bonds. The molecule has 0 saturated carbocycles. The lowest BCUT2D eigenvalue weighted by Gasteiger charge is -2.22. The molecule has 88 valence electrons. The Bertz CT molecular complexity index is 188. The van der Waals surface area contributed by atoms with Crippen molar-refractivity contribution in [1.82, 2.24) is 15.5 Å². The lowest BCUT2D eigenvalue weighted by molar-refractivity contribution is -0.121. The van der Waals surface area contributed by atoms with E-state index >= 15 is 0 Å². The molecule has 15 heavy (non-hydrogen) atoms. The van der Waals surface area contributed by atoms with Gasteiger partial charge >= 0.3 is 0 Å². The molecule has 4 heteroatoms. The molecule has 0 spiro atoms. The van der Waals surface area contributed by atoms with Crippen LogP contribution in [0, 0.1) is 0 Å². The van der Waals surface area contributed by atoms with Crippen molar-refractivity contribution in [1.29, 1.82) is 0 Å². The van der Waals surface area contributed by atoms with Gasteiger partial charge in [0.05, 0.1) is 0 Å². The summed E-state index contributed by atoms with van der Waals surface area (Å²) < 4.78 is 0. The molecular formula is C11H23N3O. The quantitative estimate of drug-likeness (QED) is 0.685. The van der Waals surface area contributed by atoms with Gasteiger partial charge in [0.15, 0.2) is 0 Å². The van der Waals surface area contributed by atoms with Gasteiger partial charge in [-0.3, -0.25) is 4.79 Å². The number of carbonyl (C=O) groups excluding carboxylic acids is 1. The zero-order valence-electron chi connectivity index (χ0n) is 9.88. The molecule has 1 atom stereocenters. The summed E-state index contributed by atoms with van der Waals surface area (Å²) in [5.74, 6) is 0.177. The van der Waals surface area contributed by atoms with Crippen molar-refractivity contribution in [2.75, 3.05) is 33.7 Å². The van der Waals surface area contributed by atoms with Gasteiger partial charge in [-0.05, 0) is 33.5 Å². The van der Waals surface area contributed by atoms with E-state index in [4.69, 9.17) is 0 Å². The average molecular weight is 213 g/mol. The van der Waals surface area contributed by atoms with E-state index in [1.165, 1.54) is 12.8 Å². The number of carbonyl (C=O) groups is 1. The Labute approximate surface area is 92.4 Å². The summed E-state index contributed by atoms with van der Waals surface area (Å²) in [7, 11) is 4.02. The molecule has 4 nitrogen and oxygen atoms in total. The summed E-state index contributed by atoms with van der Waals surface area (Å²) in [6.45, 7) is 2.72. The molecule has 2 N–H and O–H groups in total. The van der Waals surface area contributed by atoms with Crippen LogP contribution >= 0.6 is 0 Å². The minimum Gasteiger partial charge on any atom is -0.355 e. The highest BCUT2D eigenvalue weighted by atomic mass is 16.1. The predicted molar refractivity (Wildman–Crippen MR) is 61.8 cm³/mol. The van der Waals surface area contributed by atoms with Crippen molar-refractivity contribution >= 4 is 5.91 Å². The van der Waals surface area contributed by atoms with E-state index < -0.39 is 0 Å². The van der Waals surface area contributed by atoms with E-state index in [9.17, 15) is 4.79 Å². The maximum absolute atomic E-state index is 11.5. The maximum atomic E-state index is 11.5. The summed E-state index contributed by atoms with van der Waals surface area (Å²) in [6.07, 6.45) is 4.27. The standard InChI is InChI=1S/C11H23N3O/c1-14(2)8-7-13-11(15)9-10-5-3-4-6-12-10/h10,12H,3-9H2,1-2H3,(H,13,15). The Hall–Kier alpha value is -0.610. The van der Waals surface area contributed by atoms with Crippen LogP contribution < -0.4 is 10.6 Å². The fourth-order valence-electron chi connectivity index (χ4n) is 1.81. The summed E-state index contributed by atoms with van der Waals surface area (Å²) in [4.78, 5) is 13.6. The van der Waals surface area contributed by atoms with Gasteiger partial charge < -0.3 is 15.5 Å². The number of nitrogens with one attached hydrogen (secondary N) is 2. The van der Waals surface area contributed by atoms with Crippen LogP contribution in [-0.4, -0.2) is 50.6 Å². The Morgan fingerprint density at radius 1 is 1.47 bits per heavy atom. The molecule has 1 aliphatic heterocycles. The van der Waals surface area contributed by atoms with Crippen LogP contribution in [0.3, 0.4) is 0 Å². The maximum Gasteiger partial charge on any atom is 0.221 e. The molecule has 1 rings (SSSR count). The molecular weight excluding hydrogens is 190 g/mol. The van der Waals surface area contributed by atoms with Gasteiger partial charge in [0, 0.05) is 25.6 Å². The van der Waals surface area contributed by atoms with Crippen LogP contribution in [0.5, 0.6) is 0 Å². The van der Waals surface area contributed by atoms with Gasteiger partial charge in [-0.25, -0.2) is 0 Å². The highest BCUT2D eigenvalue weighted by Gasteiger charge is 2.15. The van der Waals surface area contributed by atoms with Crippen LogP contribution in [-0.2, 0) is 4.79 Å². The number of likely N-dealkylation sites (N-methyl/N-ethyl adjacent to an activating group) is 1. The van der Waals surface area contributed by atoms with E-state index in [0.717, 1.165) is 26.1 Å². The Kier molecular flexibility index (Phi) is 5.65. The Morgan fingerprint density at radius 2 is 2.27 bits per heavy atom. The monoisotopic (exact) mass is 213 g/mol. The third kappa shape index (κ3) is 5.74. The second kappa shape index (κ2) is 6.80. The van der Waals surface area contributed by atoms with Crippen molar-refractivity contribution in [3.8, 4) is 0 Å². The number of piperidine rings is 1. The molecule has 1 fully saturated rings. The SMILES string of the molecule is CN(C)CCNC(=O)CC1CCCCN1. The first-order valence-electron chi connectivity index (χ1n) is 5.83. The van der Waals surface area contributed by atoms with Crippen LogP contribution in [0.4, 0.5) is 0 Å². The molecule has 0 aromatic heterocycles. The van der Waals surface area contributed by atoms with Gasteiger partial charge in [0.1, 0.15) is 0 Å². The van der Waals surface area contributed by atoms with Gasteiger partial charge in [-0.15, -0.1) is 0 Å². The fourth-order valence-corrected chi connectivity index (χ4v) is 1.81. The van der Waals surface area contributed by atoms with Crippen LogP contribution in [0.25, 0.3) is 0 Å². The van der Waals surface area contributed by atoms with E-state index in [1.807, 2.05) is 14.1 Å². The number of amides is 1. The zero-order valence-corrected chi connectivity index (χ0v) is 9.88. The van der Waals surface area contributed by atoms with E-state index in [1.54, 1.807) is 0 Å². The lowest BCUT2D eigenvalue weighted by Crippen LogP contribution is -2.40. The number of hydrogen-bond donors (Lipinski definition) is 2. The number of rotatable bonds is 5. The van der Waals surface area contributed by atoms with Gasteiger partial charge in [-0.2, -0.15) is 0 Å². The Morgan fingerprint density at radius 3 is 2.87 bits per heavy atom. The summed E-state index contributed by atoms with van der Waals surface area (Å²) in [6, 6.07) is 0.401. The zero-order chi connectivity index (χ0) is 11.1. The van der Waals surface area contributed by atoms with Crippen LogP contribution in [0.2, 0.25) is 0 Å². The molecule has 0 bridgehead atoms. The van der Waals surface area contributed by atoms with Crippen LogP contribution in [0.15, 0.2) is 0 Å². The van der Waals surface area contributed by atoms with E-state index in [0.29, 0.717) is 12.5 Å². The van der Waals surface area contributed by atoms with E-state index in [-0.39, 0.29) is 5.91 Å². The van der Waals surface area contributed by atoms with Crippen LogP contribution in [0.1, 0.15) is 25.7 Å². The third-order valence-electron chi connectivity index (χ3n) is 2.73. The van der Waals surface area contributed by atoms with Gasteiger partial charge in [0.2, 0.25) is 5.91 Å². The number of nitrogens with zero attached hydrogens (tertiary/aromatic N) is 1. The van der Waals surface area contributed by atoms with Crippen molar-refractivity contribution in [3.05, 3.63) is 0 Å². The lowest BCUT2D eigenvalue weighted by atomic mass is 10.0. The molecule has 1 unspecified atom stereocenters. The summed E-state index contributed by atoms with van der Waals surface area (Å²) in [5.41, 5.74) is 0. The highest BCUT2D eigenvalue weighted by molar-refractivity contribution is 5.76. The minimum atomic E-state index is 0.177. The molecule has 0 aliphatic carbocycles. The summed E-state index contributed by atoms with van der Waals surface area (Å²) in [5, 5.41) is 6.32. The predicted octanol–water partition coefficient (Wildman–Crippen LogP) is 0.196. The molecule has 1 saturated heterocycles. The van der Waals surface area contributed by atoms with E-state index in [2.05, 4.69) is 15.5 Å². The molecule has 1 heterocycles.